The summed E-state index contributed by atoms with van der Waals surface area (Å²) in [5.41, 5.74) is 0.606. The van der Waals surface area contributed by atoms with E-state index in [1.165, 1.54) is 24.3 Å². The van der Waals surface area contributed by atoms with E-state index in [9.17, 15) is 14.9 Å². The second kappa shape index (κ2) is 5.59. The molecule has 1 fully saturated rings. The maximum Gasteiger partial charge on any atom is 0.269 e. The van der Waals surface area contributed by atoms with Gasteiger partial charge in [-0.25, -0.2) is 0 Å². The first-order valence-corrected chi connectivity index (χ1v) is 5.93. The molecule has 0 aliphatic carbocycles. The Balaban J connectivity index is 1.88. The second-order valence-electron chi connectivity index (χ2n) is 4.35. The van der Waals surface area contributed by atoms with Gasteiger partial charge in [0.1, 0.15) is 0 Å². The monoisotopic (exact) mass is 249 g/mol. The molecule has 1 aromatic rings. The molecule has 18 heavy (non-hydrogen) atoms. The molecule has 0 radical (unpaired) electrons. The average Bonchev–Trinajstić information content (AvgIpc) is 2.82. The summed E-state index contributed by atoms with van der Waals surface area (Å²) >= 11 is 0. The summed E-state index contributed by atoms with van der Waals surface area (Å²) in [5, 5.41) is 16.5. The Kier molecular flexibility index (Phi) is 3.88. The highest BCUT2D eigenvalue weighted by Gasteiger charge is 2.17. The minimum atomic E-state index is -0.464. The molecule has 1 aliphatic rings. The van der Waals surface area contributed by atoms with Crippen molar-refractivity contribution in [3.05, 3.63) is 34.4 Å². The van der Waals surface area contributed by atoms with Crippen molar-refractivity contribution < 1.29 is 9.72 Å². The number of benzene rings is 1. The lowest BCUT2D eigenvalue weighted by molar-refractivity contribution is -0.384. The quantitative estimate of drug-likeness (QED) is 0.628. The molecular weight excluding hydrogens is 234 g/mol. The van der Waals surface area contributed by atoms with E-state index in [0.29, 0.717) is 12.1 Å². The van der Waals surface area contributed by atoms with Crippen LogP contribution in [0.1, 0.15) is 19.3 Å². The Morgan fingerprint density at radius 1 is 1.44 bits per heavy atom. The number of carbonyl (C=O) groups excluding carboxylic acids is 1. The first-order chi connectivity index (χ1) is 8.65. The third kappa shape index (κ3) is 3.27. The van der Waals surface area contributed by atoms with E-state index in [1.54, 1.807) is 0 Å². The zero-order chi connectivity index (χ0) is 13.0. The molecule has 96 valence electrons. The summed E-state index contributed by atoms with van der Waals surface area (Å²) in [6.45, 7) is 0.968. The Morgan fingerprint density at radius 2 is 2.17 bits per heavy atom. The lowest BCUT2D eigenvalue weighted by atomic mass is 10.1. The van der Waals surface area contributed by atoms with Crippen LogP contribution in [0, 0.1) is 10.1 Å². The number of nitrogens with one attached hydrogen (secondary N) is 2. The van der Waals surface area contributed by atoms with Gasteiger partial charge in [-0.3, -0.25) is 14.9 Å². The van der Waals surface area contributed by atoms with Crippen LogP contribution in [0.3, 0.4) is 0 Å². The number of rotatable bonds is 4. The molecule has 1 amide bonds. The Hall–Kier alpha value is -1.95. The number of nitro benzene ring substituents is 1. The van der Waals surface area contributed by atoms with Crippen LogP contribution in [0.25, 0.3) is 0 Å². The molecule has 1 atom stereocenters. The molecule has 0 aromatic heterocycles. The lowest BCUT2D eigenvalue weighted by Crippen LogP contribution is -2.27. The number of nitro groups is 1. The minimum absolute atomic E-state index is 0.0189. The molecule has 2 rings (SSSR count). The number of amides is 1. The van der Waals surface area contributed by atoms with E-state index in [4.69, 9.17) is 0 Å². The Labute approximate surface area is 105 Å². The first kappa shape index (κ1) is 12.5. The van der Waals surface area contributed by atoms with Crippen LogP contribution in [0.2, 0.25) is 0 Å². The molecule has 1 aromatic carbocycles. The molecule has 1 aliphatic heterocycles. The molecule has 1 unspecified atom stereocenters. The summed E-state index contributed by atoms with van der Waals surface area (Å²) in [4.78, 5) is 21.7. The van der Waals surface area contributed by atoms with Crippen LogP contribution in [0.5, 0.6) is 0 Å². The molecule has 0 spiro atoms. The minimum Gasteiger partial charge on any atom is -0.326 e. The zero-order valence-corrected chi connectivity index (χ0v) is 9.89. The predicted octanol–water partition coefficient (Wildman–Crippen LogP) is 1.68. The van der Waals surface area contributed by atoms with Gasteiger partial charge in [-0.05, 0) is 31.5 Å². The third-order valence-electron chi connectivity index (χ3n) is 2.96. The summed E-state index contributed by atoms with van der Waals surface area (Å²) in [5.74, 6) is -0.0664. The smallest absolute Gasteiger partial charge is 0.269 e. The Morgan fingerprint density at radius 3 is 2.72 bits per heavy atom. The molecule has 1 heterocycles. The first-order valence-electron chi connectivity index (χ1n) is 5.93. The number of hydrogen-bond donors (Lipinski definition) is 2. The molecule has 6 nitrogen and oxygen atoms in total. The van der Waals surface area contributed by atoms with Crippen LogP contribution in [0.15, 0.2) is 24.3 Å². The lowest BCUT2D eigenvalue weighted by Gasteiger charge is -2.10. The van der Waals surface area contributed by atoms with Crippen LogP contribution in [-0.4, -0.2) is 23.4 Å². The summed E-state index contributed by atoms with van der Waals surface area (Å²) in [7, 11) is 0. The van der Waals surface area contributed by atoms with E-state index in [-0.39, 0.29) is 17.6 Å². The van der Waals surface area contributed by atoms with Crippen LogP contribution in [-0.2, 0) is 4.79 Å². The highest BCUT2D eigenvalue weighted by molar-refractivity contribution is 5.91. The van der Waals surface area contributed by atoms with Crippen molar-refractivity contribution in [1.29, 1.82) is 0 Å². The highest BCUT2D eigenvalue weighted by atomic mass is 16.6. The third-order valence-corrected chi connectivity index (χ3v) is 2.96. The van der Waals surface area contributed by atoms with Crippen LogP contribution < -0.4 is 10.6 Å². The number of non-ortho nitro benzene ring substituents is 1. The van der Waals surface area contributed by atoms with Gasteiger partial charge in [0.15, 0.2) is 0 Å². The van der Waals surface area contributed by atoms with Gasteiger partial charge in [0.05, 0.1) is 4.92 Å². The van der Waals surface area contributed by atoms with E-state index in [0.717, 1.165) is 19.4 Å². The van der Waals surface area contributed by atoms with Gasteiger partial charge < -0.3 is 10.6 Å². The number of hydrogen-bond acceptors (Lipinski definition) is 4. The topological polar surface area (TPSA) is 84.3 Å². The van der Waals surface area contributed by atoms with Crippen molar-refractivity contribution in [3.63, 3.8) is 0 Å². The molecule has 0 saturated carbocycles. The van der Waals surface area contributed by atoms with E-state index in [1.807, 2.05) is 0 Å². The van der Waals surface area contributed by atoms with Crippen molar-refractivity contribution in [1.82, 2.24) is 5.32 Å². The van der Waals surface area contributed by atoms with E-state index in [2.05, 4.69) is 10.6 Å². The van der Waals surface area contributed by atoms with Gasteiger partial charge in [-0.2, -0.15) is 0 Å². The summed E-state index contributed by atoms with van der Waals surface area (Å²) < 4.78 is 0. The van der Waals surface area contributed by atoms with Crippen LogP contribution >= 0.6 is 0 Å². The van der Waals surface area contributed by atoms with E-state index >= 15 is 0 Å². The van der Waals surface area contributed by atoms with Crippen LogP contribution in [0.4, 0.5) is 11.4 Å². The predicted molar refractivity (Wildman–Crippen MR) is 67.4 cm³/mol. The highest BCUT2D eigenvalue weighted by Crippen LogP contribution is 2.16. The summed E-state index contributed by atoms with van der Waals surface area (Å²) in [6.07, 6.45) is 2.57. The fourth-order valence-electron chi connectivity index (χ4n) is 2.03. The fraction of sp³-hybridized carbons (Fsp3) is 0.417. The van der Waals surface area contributed by atoms with E-state index < -0.39 is 4.92 Å². The molecule has 1 saturated heterocycles. The zero-order valence-electron chi connectivity index (χ0n) is 9.89. The fourth-order valence-corrected chi connectivity index (χ4v) is 2.03. The SMILES string of the molecule is O=C(CC1CCCN1)Nc1ccc([N+](=O)[O-])cc1. The number of carbonyl (C=O) groups is 1. The maximum atomic E-state index is 11.7. The standard InChI is InChI=1S/C12H15N3O3/c16-12(8-10-2-1-7-13-10)14-9-3-5-11(6-4-9)15(17)18/h3-6,10,13H,1-2,7-8H2,(H,14,16). The van der Waals surface area contributed by atoms with Crippen molar-refractivity contribution in [3.8, 4) is 0 Å². The Bertz CT molecular complexity index is 438. The molecule has 2 N–H and O–H groups in total. The van der Waals surface area contributed by atoms with Gasteiger partial charge in [0.25, 0.3) is 5.69 Å². The van der Waals surface area contributed by atoms with Crippen molar-refractivity contribution in [2.24, 2.45) is 0 Å². The molecular formula is C12H15N3O3. The van der Waals surface area contributed by atoms with Gasteiger partial charge in [-0.1, -0.05) is 0 Å². The van der Waals surface area contributed by atoms with Gasteiger partial charge >= 0.3 is 0 Å². The van der Waals surface area contributed by atoms with Gasteiger partial charge in [-0.15, -0.1) is 0 Å². The average molecular weight is 249 g/mol. The van der Waals surface area contributed by atoms with Gasteiger partial charge in [0.2, 0.25) is 5.91 Å². The number of nitrogens with zero attached hydrogens (tertiary/aromatic N) is 1. The van der Waals surface area contributed by atoms with Crippen molar-refractivity contribution in [2.75, 3.05) is 11.9 Å². The largest absolute Gasteiger partial charge is 0.326 e. The van der Waals surface area contributed by atoms with Crippen molar-refractivity contribution in [2.45, 2.75) is 25.3 Å². The number of anilines is 1. The summed E-state index contributed by atoms with van der Waals surface area (Å²) in [6, 6.07) is 6.09. The van der Waals surface area contributed by atoms with Crippen molar-refractivity contribution >= 4 is 17.3 Å². The maximum absolute atomic E-state index is 11.7. The second-order valence-corrected chi connectivity index (χ2v) is 4.35. The van der Waals surface area contributed by atoms with Gasteiger partial charge in [0, 0.05) is 30.3 Å². The molecule has 6 heteroatoms. The normalized spacial score (nSPS) is 18.6. The molecule has 0 bridgehead atoms.